The Labute approximate surface area is 85.1 Å². The minimum Gasteiger partial charge on any atom is -0.446 e. The zero-order valence-corrected chi connectivity index (χ0v) is 7.95. The summed E-state index contributed by atoms with van der Waals surface area (Å²) in [5.74, 6) is 0. The predicted molar refractivity (Wildman–Crippen MR) is 56.5 cm³/mol. The van der Waals surface area contributed by atoms with Crippen LogP contribution in [0.4, 0.5) is 0 Å². The highest BCUT2D eigenvalue weighted by Crippen LogP contribution is 2.30. The monoisotopic (exact) mass is 203 g/mol. The van der Waals surface area contributed by atoms with E-state index in [4.69, 9.17) is 16.0 Å². The Bertz CT molecular complexity index is 615. The third kappa shape index (κ3) is 0.946. The van der Waals surface area contributed by atoms with E-state index in [9.17, 15) is 0 Å². The first-order valence-corrected chi connectivity index (χ1v) is 4.65. The van der Waals surface area contributed by atoms with Crippen LogP contribution < -0.4 is 0 Å². The van der Waals surface area contributed by atoms with Gasteiger partial charge in [-0.3, -0.25) is 0 Å². The first-order chi connectivity index (χ1) is 6.86. The Kier molecular flexibility index (Phi) is 1.52. The Morgan fingerprint density at radius 1 is 1.07 bits per heavy atom. The van der Waals surface area contributed by atoms with Gasteiger partial charge in [0, 0.05) is 5.39 Å². The number of benzene rings is 1. The van der Waals surface area contributed by atoms with E-state index in [-0.39, 0.29) is 0 Å². The molecule has 3 aromatic rings. The van der Waals surface area contributed by atoms with Crippen LogP contribution in [0.1, 0.15) is 0 Å². The van der Waals surface area contributed by atoms with Crippen LogP contribution in [-0.2, 0) is 0 Å². The second-order valence-corrected chi connectivity index (χ2v) is 3.46. The van der Waals surface area contributed by atoms with Crippen LogP contribution in [0.25, 0.3) is 22.0 Å². The Hall–Kier alpha value is -1.54. The predicted octanol–water partition coefficient (Wildman–Crippen LogP) is 3.63. The van der Waals surface area contributed by atoms with Crippen LogP contribution in [0, 0.1) is 0 Å². The normalized spacial score (nSPS) is 11.2. The molecule has 3 rings (SSSR count). The number of furan rings is 1. The van der Waals surface area contributed by atoms with Gasteiger partial charge in [-0.1, -0.05) is 29.8 Å². The highest BCUT2D eigenvalue weighted by Gasteiger charge is 2.07. The van der Waals surface area contributed by atoms with Crippen molar-refractivity contribution in [2.75, 3.05) is 0 Å². The number of rotatable bonds is 0. The van der Waals surface area contributed by atoms with E-state index in [1.54, 1.807) is 6.26 Å². The molecule has 0 atom stereocenters. The summed E-state index contributed by atoms with van der Waals surface area (Å²) >= 11 is 6.22. The summed E-state index contributed by atoms with van der Waals surface area (Å²) in [6.45, 7) is 0. The molecule has 0 saturated carbocycles. The van der Waals surface area contributed by atoms with Gasteiger partial charge in [-0.2, -0.15) is 0 Å². The lowest BCUT2D eigenvalue weighted by Gasteiger charge is -1.99. The number of para-hydroxylation sites is 1. The van der Waals surface area contributed by atoms with E-state index < -0.39 is 0 Å². The van der Waals surface area contributed by atoms with Crippen molar-refractivity contribution >= 4 is 33.6 Å². The van der Waals surface area contributed by atoms with Crippen molar-refractivity contribution in [3.8, 4) is 0 Å². The number of pyridine rings is 1. The number of hydrogen-bond acceptors (Lipinski definition) is 2. The molecule has 0 fully saturated rings. The molecule has 0 unspecified atom stereocenters. The number of hydrogen-bond donors (Lipinski definition) is 0. The van der Waals surface area contributed by atoms with Crippen molar-refractivity contribution in [3.05, 3.63) is 41.6 Å². The Morgan fingerprint density at radius 2 is 1.93 bits per heavy atom. The maximum Gasteiger partial charge on any atom is 0.227 e. The average molecular weight is 204 g/mol. The van der Waals surface area contributed by atoms with Gasteiger partial charge in [-0.25, -0.2) is 4.98 Å². The lowest BCUT2D eigenvalue weighted by atomic mass is 10.2. The third-order valence-electron chi connectivity index (χ3n) is 2.24. The van der Waals surface area contributed by atoms with Crippen molar-refractivity contribution < 1.29 is 4.42 Å². The average Bonchev–Trinajstić information content (AvgIpc) is 2.66. The van der Waals surface area contributed by atoms with Gasteiger partial charge < -0.3 is 4.42 Å². The first-order valence-electron chi connectivity index (χ1n) is 4.28. The third-order valence-corrected chi connectivity index (χ3v) is 2.65. The fourth-order valence-corrected chi connectivity index (χ4v) is 1.87. The maximum absolute atomic E-state index is 6.22. The molecule has 0 saturated heterocycles. The molecule has 68 valence electrons. The smallest absolute Gasteiger partial charge is 0.227 e. The fourth-order valence-electron chi connectivity index (χ4n) is 1.57. The van der Waals surface area contributed by atoms with Crippen molar-refractivity contribution in [1.29, 1.82) is 0 Å². The van der Waals surface area contributed by atoms with Crippen molar-refractivity contribution in [2.45, 2.75) is 0 Å². The molecule has 2 aromatic heterocycles. The molecule has 1 aromatic carbocycles. The van der Waals surface area contributed by atoms with Gasteiger partial charge in [0.1, 0.15) is 0 Å². The van der Waals surface area contributed by atoms with Gasteiger partial charge in [-0.05, 0) is 12.1 Å². The maximum atomic E-state index is 6.22. The van der Waals surface area contributed by atoms with Gasteiger partial charge in [0.05, 0.1) is 22.2 Å². The van der Waals surface area contributed by atoms with Crippen LogP contribution in [-0.4, -0.2) is 4.98 Å². The molecule has 0 aliphatic rings. The van der Waals surface area contributed by atoms with E-state index in [0.717, 1.165) is 16.3 Å². The zero-order chi connectivity index (χ0) is 9.54. The zero-order valence-electron chi connectivity index (χ0n) is 7.20. The van der Waals surface area contributed by atoms with Crippen molar-refractivity contribution in [2.24, 2.45) is 0 Å². The summed E-state index contributed by atoms with van der Waals surface area (Å²) in [6.07, 6.45) is 1.60. The van der Waals surface area contributed by atoms with Gasteiger partial charge in [0.15, 0.2) is 0 Å². The van der Waals surface area contributed by atoms with Gasteiger partial charge in [0.25, 0.3) is 0 Å². The van der Waals surface area contributed by atoms with Gasteiger partial charge in [-0.15, -0.1) is 0 Å². The summed E-state index contributed by atoms with van der Waals surface area (Å²) in [5.41, 5.74) is 1.45. The van der Waals surface area contributed by atoms with E-state index in [1.165, 1.54) is 0 Å². The summed E-state index contributed by atoms with van der Waals surface area (Å²) < 4.78 is 5.21. The second kappa shape index (κ2) is 2.72. The van der Waals surface area contributed by atoms with Crippen molar-refractivity contribution in [1.82, 2.24) is 4.98 Å². The topological polar surface area (TPSA) is 26.0 Å². The van der Waals surface area contributed by atoms with Crippen LogP contribution >= 0.6 is 11.6 Å². The van der Waals surface area contributed by atoms with E-state index >= 15 is 0 Å². The summed E-state index contributed by atoms with van der Waals surface area (Å²) in [5, 5.41) is 2.53. The largest absolute Gasteiger partial charge is 0.446 e. The summed E-state index contributed by atoms with van der Waals surface area (Å²) in [4.78, 5) is 4.35. The van der Waals surface area contributed by atoms with Crippen LogP contribution in [0.2, 0.25) is 5.02 Å². The molecule has 0 aliphatic heterocycles. The first kappa shape index (κ1) is 7.83. The molecule has 3 heteroatoms. The lowest BCUT2D eigenvalue weighted by Crippen LogP contribution is -1.80. The molecule has 2 nitrogen and oxygen atoms in total. The SMILES string of the molecule is Clc1c2ccccc2nc2occc12. The van der Waals surface area contributed by atoms with Crippen LogP contribution in [0.15, 0.2) is 41.0 Å². The molecule has 0 aliphatic carbocycles. The molecule has 0 N–H and O–H groups in total. The summed E-state index contributed by atoms with van der Waals surface area (Å²) in [7, 11) is 0. The highest BCUT2D eigenvalue weighted by molar-refractivity contribution is 6.40. The molecular weight excluding hydrogens is 198 g/mol. The van der Waals surface area contributed by atoms with E-state index in [2.05, 4.69) is 4.98 Å². The molecule has 0 radical (unpaired) electrons. The highest BCUT2D eigenvalue weighted by atomic mass is 35.5. The molecule has 2 heterocycles. The molecule has 14 heavy (non-hydrogen) atoms. The fraction of sp³-hybridized carbons (Fsp3) is 0. The van der Waals surface area contributed by atoms with E-state index in [1.807, 2.05) is 30.3 Å². The van der Waals surface area contributed by atoms with Crippen LogP contribution in [0.5, 0.6) is 0 Å². The second-order valence-electron chi connectivity index (χ2n) is 3.08. The van der Waals surface area contributed by atoms with Crippen LogP contribution in [0.3, 0.4) is 0 Å². The van der Waals surface area contributed by atoms with E-state index in [0.29, 0.717) is 10.7 Å². The molecular formula is C11H6ClNO. The quantitative estimate of drug-likeness (QED) is 0.558. The number of aromatic nitrogens is 1. The van der Waals surface area contributed by atoms with Gasteiger partial charge >= 0.3 is 0 Å². The van der Waals surface area contributed by atoms with Crippen molar-refractivity contribution in [3.63, 3.8) is 0 Å². The number of nitrogens with zero attached hydrogens (tertiary/aromatic N) is 1. The summed E-state index contributed by atoms with van der Waals surface area (Å²) in [6, 6.07) is 9.58. The minimum absolute atomic E-state index is 0.591. The lowest BCUT2D eigenvalue weighted by molar-refractivity contribution is 0.604. The minimum atomic E-state index is 0.591. The number of halogens is 1. The van der Waals surface area contributed by atoms with Gasteiger partial charge in [0.2, 0.25) is 5.71 Å². The number of fused-ring (bicyclic) bond motifs is 2. The molecule has 0 bridgehead atoms. The molecule has 0 spiro atoms. The Balaban J connectivity index is 2.63. The molecule has 0 amide bonds. The Morgan fingerprint density at radius 3 is 2.86 bits per heavy atom. The standard InChI is InChI=1S/C11H6ClNO/c12-10-7-3-1-2-4-9(7)13-11-8(10)5-6-14-11/h1-6H.